The summed E-state index contributed by atoms with van der Waals surface area (Å²) in [4.78, 5) is 17.5. The Labute approximate surface area is 160 Å². The summed E-state index contributed by atoms with van der Waals surface area (Å²) in [6, 6.07) is 10.4. The molecule has 0 aliphatic carbocycles. The van der Waals surface area contributed by atoms with Crippen LogP contribution in [-0.4, -0.2) is 64.8 Å². The van der Waals surface area contributed by atoms with Crippen LogP contribution in [0.3, 0.4) is 0 Å². The third-order valence-corrected chi connectivity index (χ3v) is 5.87. The van der Waals surface area contributed by atoms with Crippen molar-refractivity contribution in [2.24, 2.45) is 0 Å². The van der Waals surface area contributed by atoms with Gasteiger partial charge in [-0.15, -0.1) is 0 Å². The number of nitrogens with zero attached hydrogens (tertiary/aromatic N) is 4. The molecule has 1 unspecified atom stereocenters. The van der Waals surface area contributed by atoms with Crippen molar-refractivity contribution in [1.82, 2.24) is 19.6 Å². The van der Waals surface area contributed by atoms with Crippen LogP contribution >= 0.6 is 0 Å². The molecule has 1 aromatic carbocycles. The van der Waals surface area contributed by atoms with Gasteiger partial charge >= 0.3 is 0 Å². The number of fused-ring (bicyclic) bond motifs is 1. The van der Waals surface area contributed by atoms with E-state index in [4.69, 9.17) is 4.74 Å². The molecule has 4 rings (SSSR count). The first-order valence-corrected chi connectivity index (χ1v) is 9.88. The maximum absolute atomic E-state index is 13.1. The van der Waals surface area contributed by atoms with Crippen molar-refractivity contribution in [1.29, 1.82) is 0 Å². The van der Waals surface area contributed by atoms with Crippen LogP contribution in [0.15, 0.2) is 42.7 Å². The van der Waals surface area contributed by atoms with Gasteiger partial charge in [-0.3, -0.25) is 9.48 Å². The van der Waals surface area contributed by atoms with Gasteiger partial charge in [-0.1, -0.05) is 24.3 Å². The zero-order valence-electron chi connectivity index (χ0n) is 16.0. The van der Waals surface area contributed by atoms with Crippen molar-refractivity contribution < 1.29 is 9.53 Å². The first kappa shape index (κ1) is 18.2. The molecule has 2 aliphatic heterocycles. The normalized spacial score (nSPS) is 21.0. The fourth-order valence-corrected chi connectivity index (χ4v) is 4.17. The molecule has 6 heteroatoms. The van der Waals surface area contributed by atoms with E-state index in [1.807, 2.05) is 53.3 Å². The van der Waals surface area contributed by atoms with Crippen LogP contribution in [0, 0.1) is 0 Å². The fraction of sp³-hybridized carbons (Fsp3) is 0.524. The van der Waals surface area contributed by atoms with Gasteiger partial charge < -0.3 is 14.5 Å². The van der Waals surface area contributed by atoms with Gasteiger partial charge in [0.15, 0.2) is 6.10 Å². The maximum Gasteiger partial charge on any atom is 0.256 e. The Hall–Kier alpha value is -2.18. The van der Waals surface area contributed by atoms with E-state index in [1.165, 1.54) is 5.56 Å². The van der Waals surface area contributed by atoms with E-state index in [0.29, 0.717) is 6.61 Å². The maximum atomic E-state index is 13.1. The number of hydrogen-bond acceptors (Lipinski definition) is 4. The Balaban J connectivity index is 1.31. The summed E-state index contributed by atoms with van der Waals surface area (Å²) in [6.07, 6.45) is 6.28. The summed E-state index contributed by atoms with van der Waals surface area (Å²) in [5.41, 5.74) is 2.28. The molecule has 0 N–H and O–H groups in total. The average molecular weight is 368 g/mol. The lowest BCUT2D eigenvalue weighted by molar-refractivity contribution is -0.146. The summed E-state index contributed by atoms with van der Waals surface area (Å²) in [5.74, 6) is 0.0946. The second-order valence-electron chi connectivity index (χ2n) is 7.49. The molecule has 27 heavy (non-hydrogen) atoms. The topological polar surface area (TPSA) is 50.6 Å². The standard InChI is InChI=1S/C21H28N4O2/c1-23(21(26)20-19-6-3-2-5-17(19)9-16-27-20)18-7-12-24(13-8-18)14-15-25-11-4-10-22-25/h2-6,10-11,18,20H,7-9,12-16H2,1H3. The van der Waals surface area contributed by atoms with Crippen molar-refractivity contribution in [2.75, 3.05) is 33.3 Å². The Bertz CT molecular complexity index is 753. The lowest BCUT2D eigenvalue weighted by Gasteiger charge is -2.38. The minimum absolute atomic E-state index is 0.0946. The van der Waals surface area contributed by atoms with E-state index in [9.17, 15) is 4.79 Å². The molecule has 0 saturated carbocycles. The number of likely N-dealkylation sites (tertiary alicyclic amines) is 1. The van der Waals surface area contributed by atoms with Crippen LogP contribution in [0.2, 0.25) is 0 Å². The lowest BCUT2D eigenvalue weighted by Crippen LogP contribution is -2.48. The van der Waals surface area contributed by atoms with Crippen LogP contribution in [-0.2, 0) is 22.5 Å². The van der Waals surface area contributed by atoms with Gasteiger partial charge in [0, 0.05) is 45.1 Å². The Morgan fingerprint density at radius 2 is 2.04 bits per heavy atom. The van der Waals surface area contributed by atoms with Crippen LogP contribution in [0.1, 0.15) is 30.1 Å². The molecule has 3 heterocycles. The van der Waals surface area contributed by atoms with Crippen LogP contribution in [0.5, 0.6) is 0 Å². The third-order valence-electron chi connectivity index (χ3n) is 5.87. The van der Waals surface area contributed by atoms with Gasteiger partial charge in [0.25, 0.3) is 5.91 Å². The molecular formula is C21H28N4O2. The molecule has 1 aromatic heterocycles. The van der Waals surface area contributed by atoms with Gasteiger partial charge in [-0.2, -0.15) is 5.10 Å². The van der Waals surface area contributed by atoms with E-state index >= 15 is 0 Å². The summed E-state index contributed by atoms with van der Waals surface area (Å²) < 4.78 is 7.84. The number of likely N-dealkylation sites (N-methyl/N-ethyl adjacent to an activating group) is 1. The zero-order chi connectivity index (χ0) is 18.6. The first-order valence-electron chi connectivity index (χ1n) is 9.88. The van der Waals surface area contributed by atoms with Gasteiger partial charge in [-0.05, 0) is 36.5 Å². The van der Waals surface area contributed by atoms with Gasteiger partial charge in [0.05, 0.1) is 13.2 Å². The molecular weight excluding hydrogens is 340 g/mol. The molecule has 2 aromatic rings. The van der Waals surface area contributed by atoms with Gasteiger partial charge in [-0.25, -0.2) is 0 Å². The van der Waals surface area contributed by atoms with E-state index < -0.39 is 6.10 Å². The van der Waals surface area contributed by atoms with E-state index in [2.05, 4.69) is 16.1 Å². The fourth-order valence-electron chi connectivity index (χ4n) is 4.17. The third kappa shape index (κ3) is 4.06. The number of carbonyl (C=O) groups is 1. The van der Waals surface area contributed by atoms with Crippen molar-refractivity contribution >= 4 is 5.91 Å². The predicted molar refractivity (Wildman–Crippen MR) is 103 cm³/mol. The molecule has 1 amide bonds. The average Bonchev–Trinajstić information content (AvgIpc) is 3.25. The number of carbonyl (C=O) groups excluding carboxylic acids is 1. The Morgan fingerprint density at radius 1 is 1.22 bits per heavy atom. The number of rotatable bonds is 5. The number of amides is 1. The highest BCUT2D eigenvalue weighted by atomic mass is 16.5. The van der Waals surface area contributed by atoms with Crippen LogP contribution < -0.4 is 0 Å². The highest BCUT2D eigenvalue weighted by molar-refractivity contribution is 5.83. The van der Waals surface area contributed by atoms with Gasteiger partial charge in [0.1, 0.15) is 0 Å². The van der Waals surface area contributed by atoms with Crippen molar-refractivity contribution in [2.45, 2.75) is 38.0 Å². The molecule has 1 saturated heterocycles. The molecule has 1 atom stereocenters. The summed E-state index contributed by atoms with van der Waals surface area (Å²) in [5, 5.41) is 4.26. The minimum atomic E-state index is -0.446. The summed E-state index contributed by atoms with van der Waals surface area (Å²) in [6.45, 7) is 4.58. The smallest absolute Gasteiger partial charge is 0.256 e. The molecule has 1 fully saturated rings. The second kappa shape index (κ2) is 8.23. The van der Waals surface area contributed by atoms with Crippen molar-refractivity contribution in [3.8, 4) is 0 Å². The highest BCUT2D eigenvalue weighted by Crippen LogP contribution is 2.29. The van der Waals surface area contributed by atoms with Gasteiger partial charge in [0.2, 0.25) is 0 Å². The molecule has 0 radical (unpaired) electrons. The SMILES string of the molecule is CN(C(=O)C1OCCc2ccccc21)C1CCN(CCn2cccn2)CC1. The molecule has 0 bridgehead atoms. The number of ether oxygens (including phenoxy) is 1. The second-order valence-corrected chi connectivity index (χ2v) is 7.49. The number of benzene rings is 1. The van der Waals surface area contributed by atoms with E-state index in [0.717, 1.165) is 51.0 Å². The molecule has 0 spiro atoms. The summed E-state index contributed by atoms with van der Waals surface area (Å²) in [7, 11) is 1.94. The first-order chi connectivity index (χ1) is 13.2. The quantitative estimate of drug-likeness (QED) is 0.811. The number of piperidine rings is 1. The van der Waals surface area contributed by atoms with E-state index in [-0.39, 0.29) is 11.9 Å². The Kier molecular flexibility index (Phi) is 5.55. The molecule has 6 nitrogen and oxygen atoms in total. The monoisotopic (exact) mass is 368 g/mol. The lowest BCUT2D eigenvalue weighted by atomic mass is 9.95. The van der Waals surface area contributed by atoms with E-state index in [1.54, 1.807) is 0 Å². The zero-order valence-corrected chi connectivity index (χ0v) is 16.0. The van der Waals surface area contributed by atoms with Crippen molar-refractivity contribution in [3.05, 3.63) is 53.9 Å². The number of hydrogen-bond donors (Lipinski definition) is 0. The highest BCUT2D eigenvalue weighted by Gasteiger charge is 2.33. The van der Waals surface area contributed by atoms with Crippen LogP contribution in [0.25, 0.3) is 0 Å². The summed E-state index contributed by atoms with van der Waals surface area (Å²) >= 11 is 0. The number of aromatic nitrogens is 2. The van der Waals surface area contributed by atoms with Crippen LogP contribution in [0.4, 0.5) is 0 Å². The largest absolute Gasteiger partial charge is 0.363 e. The minimum Gasteiger partial charge on any atom is -0.363 e. The molecule has 2 aliphatic rings. The van der Waals surface area contributed by atoms with Crippen molar-refractivity contribution in [3.63, 3.8) is 0 Å². The Morgan fingerprint density at radius 3 is 2.81 bits per heavy atom. The molecule has 144 valence electrons. The predicted octanol–water partition coefficient (Wildman–Crippen LogP) is 2.12.